The molecule has 158 valence electrons. The standard InChI is InChI=1S/C22H36N2O4/c1-2-3-4-5-6-7-8-9-10-11-12-13-18-28-22(27)24-23-21(26)19-14-16-20(25)17-15-19/h14-17,25H,2-13,18H2,1H3,(H,23,26)(H,24,27). The van der Waals surface area contributed by atoms with Crippen molar-refractivity contribution >= 4 is 12.0 Å². The molecule has 0 radical (unpaired) electrons. The van der Waals surface area contributed by atoms with Crippen LogP contribution in [0, 0.1) is 0 Å². The van der Waals surface area contributed by atoms with Gasteiger partial charge in [-0.05, 0) is 30.7 Å². The molecule has 1 rings (SSSR count). The Bertz CT molecular complexity index is 546. The maximum Gasteiger partial charge on any atom is 0.426 e. The van der Waals surface area contributed by atoms with Gasteiger partial charge < -0.3 is 9.84 Å². The van der Waals surface area contributed by atoms with E-state index in [1.54, 1.807) is 0 Å². The first kappa shape index (κ1) is 23.8. The van der Waals surface area contributed by atoms with Crippen molar-refractivity contribution in [3.8, 4) is 5.75 Å². The highest BCUT2D eigenvalue weighted by atomic mass is 16.6. The number of hydrazine groups is 1. The molecule has 0 saturated heterocycles. The molecule has 6 nitrogen and oxygen atoms in total. The summed E-state index contributed by atoms with van der Waals surface area (Å²) in [5.41, 5.74) is 4.82. The van der Waals surface area contributed by atoms with Gasteiger partial charge in [-0.1, -0.05) is 77.6 Å². The third-order valence-electron chi connectivity index (χ3n) is 4.64. The lowest BCUT2D eigenvalue weighted by molar-refractivity contribution is 0.0908. The molecule has 0 heterocycles. The predicted molar refractivity (Wildman–Crippen MR) is 111 cm³/mol. The zero-order valence-electron chi connectivity index (χ0n) is 17.2. The largest absolute Gasteiger partial charge is 0.508 e. The van der Waals surface area contributed by atoms with Crippen molar-refractivity contribution in [2.75, 3.05) is 6.61 Å². The molecule has 1 aromatic rings. The van der Waals surface area contributed by atoms with E-state index in [0.29, 0.717) is 12.2 Å². The average molecular weight is 393 g/mol. The lowest BCUT2D eigenvalue weighted by Gasteiger charge is -2.08. The van der Waals surface area contributed by atoms with Gasteiger partial charge in [-0.3, -0.25) is 10.2 Å². The van der Waals surface area contributed by atoms with Crippen LogP contribution in [-0.2, 0) is 4.74 Å². The Morgan fingerprint density at radius 1 is 0.786 bits per heavy atom. The number of nitrogens with one attached hydrogen (secondary N) is 2. The third-order valence-corrected chi connectivity index (χ3v) is 4.64. The van der Waals surface area contributed by atoms with Crippen LogP contribution in [0.15, 0.2) is 24.3 Å². The number of aromatic hydroxyl groups is 1. The van der Waals surface area contributed by atoms with Crippen LogP contribution in [0.25, 0.3) is 0 Å². The van der Waals surface area contributed by atoms with Crippen LogP contribution in [0.2, 0.25) is 0 Å². The summed E-state index contributed by atoms with van der Waals surface area (Å²) in [6, 6.07) is 5.73. The summed E-state index contributed by atoms with van der Waals surface area (Å²) in [5.74, 6) is -0.395. The Hall–Kier alpha value is -2.24. The first-order chi connectivity index (χ1) is 13.6. The van der Waals surface area contributed by atoms with Gasteiger partial charge in [0.1, 0.15) is 5.75 Å². The van der Waals surface area contributed by atoms with E-state index in [-0.39, 0.29) is 5.75 Å². The maximum atomic E-state index is 11.8. The molecule has 0 aliphatic carbocycles. The average Bonchev–Trinajstić information content (AvgIpc) is 2.70. The van der Waals surface area contributed by atoms with Crippen molar-refractivity contribution in [1.82, 2.24) is 10.9 Å². The molecule has 0 spiro atoms. The Labute approximate surface area is 169 Å². The number of carbonyl (C=O) groups is 2. The monoisotopic (exact) mass is 392 g/mol. The van der Waals surface area contributed by atoms with Crippen molar-refractivity contribution in [3.05, 3.63) is 29.8 Å². The number of phenols is 1. The van der Waals surface area contributed by atoms with Gasteiger partial charge >= 0.3 is 6.09 Å². The summed E-state index contributed by atoms with van der Waals surface area (Å²) in [4.78, 5) is 23.3. The normalized spacial score (nSPS) is 10.5. The van der Waals surface area contributed by atoms with Crippen molar-refractivity contribution in [2.45, 2.75) is 84.0 Å². The molecule has 1 aromatic carbocycles. The fraction of sp³-hybridized carbons (Fsp3) is 0.636. The highest BCUT2D eigenvalue weighted by Crippen LogP contribution is 2.12. The highest BCUT2D eigenvalue weighted by molar-refractivity contribution is 5.94. The number of hydrogen-bond acceptors (Lipinski definition) is 4. The molecule has 6 heteroatoms. The van der Waals surface area contributed by atoms with Crippen molar-refractivity contribution in [2.24, 2.45) is 0 Å². The SMILES string of the molecule is CCCCCCCCCCCCCCOC(=O)NNC(=O)c1ccc(O)cc1. The minimum atomic E-state index is -0.671. The number of unbranched alkanes of at least 4 members (excludes halogenated alkanes) is 11. The summed E-state index contributed by atoms with van der Waals surface area (Å²) in [7, 11) is 0. The van der Waals surface area contributed by atoms with Gasteiger partial charge in [0.2, 0.25) is 0 Å². The molecule has 0 unspecified atom stereocenters. The number of amides is 2. The molecule has 0 aliphatic rings. The van der Waals surface area contributed by atoms with Gasteiger partial charge in [-0.25, -0.2) is 10.2 Å². The smallest absolute Gasteiger partial charge is 0.426 e. The van der Waals surface area contributed by atoms with E-state index in [9.17, 15) is 14.7 Å². The summed E-state index contributed by atoms with van der Waals surface area (Å²) >= 11 is 0. The van der Waals surface area contributed by atoms with Gasteiger partial charge in [-0.2, -0.15) is 0 Å². The third kappa shape index (κ3) is 12.2. The number of benzene rings is 1. The predicted octanol–water partition coefficient (Wildman–Crippen LogP) is 5.46. The van der Waals surface area contributed by atoms with Crippen LogP contribution in [0.3, 0.4) is 0 Å². The number of carbonyl (C=O) groups excluding carboxylic acids is 2. The van der Waals surface area contributed by atoms with Crippen LogP contribution in [-0.4, -0.2) is 23.7 Å². The molecule has 3 N–H and O–H groups in total. The molecular weight excluding hydrogens is 356 g/mol. The van der Waals surface area contributed by atoms with Gasteiger partial charge in [0.15, 0.2) is 0 Å². The Morgan fingerprint density at radius 2 is 1.29 bits per heavy atom. The lowest BCUT2D eigenvalue weighted by atomic mass is 10.1. The Morgan fingerprint density at radius 3 is 1.82 bits per heavy atom. The van der Waals surface area contributed by atoms with Gasteiger partial charge in [0.05, 0.1) is 6.61 Å². The first-order valence-corrected chi connectivity index (χ1v) is 10.7. The van der Waals surface area contributed by atoms with Crippen LogP contribution in [0.4, 0.5) is 4.79 Å². The minimum absolute atomic E-state index is 0.0753. The van der Waals surface area contributed by atoms with Crippen molar-refractivity contribution in [3.63, 3.8) is 0 Å². The van der Waals surface area contributed by atoms with E-state index in [1.165, 1.54) is 88.5 Å². The first-order valence-electron chi connectivity index (χ1n) is 10.7. The highest BCUT2D eigenvalue weighted by Gasteiger charge is 2.07. The van der Waals surface area contributed by atoms with Crippen LogP contribution >= 0.6 is 0 Å². The zero-order chi connectivity index (χ0) is 20.5. The summed E-state index contributed by atoms with van der Waals surface area (Å²) < 4.78 is 5.03. The number of hydrogen-bond donors (Lipinski definition) is 3. The number of phenolic OH excluding ortho intramolecular Hbond substituents is 1. The fourth-order valence-corrected chi connectivity index (χ4v) is 2.94. The van der Waals surface area contributed by atoms with E-state index in [1.807, 2.05) is 0 Å². The van der Waals surface area contributed by atoms with Gasteiger partial charge in [0.25, 0.3) is 5.91 Å². The summed E-state index contributed by atoms with van der Waals surface area (Å²) in [5, 5.41) is 9.18. The fourth-order valence-electron chi connectivity index (χ4n) is 2.94. The van der Waals surface area contributed by atoms with Crippen LogP contribution in [0.1, 0.15) is 94.3 Å². The van der Waals surface area contributed by atoms with E-state index in [2.05, 4.69) is 17.8 Å². The molecule has 0 saturated carbocycles. The van der Waals surface area contributed by atoms with Gasteiger partial charge in [-0.15, -0.1) is 0 Å². The number of ether oxygens (including phenoxy) is 1. The molecule has 0 fully saturated rings. The van der Waals surface area contributed by atoms with Crippen LogP contribution in [0.5, 0.6) is 5.75 Å². The summed E-state index contributed by atoms with van der Waals surface area (Å²) in [6.45, 7) is 2.59. The topological polar surface area (TPSA) is 87.7 Å². The van der Waals surface area contributed by atoms with Crippen LogP contribution < -0.4 is 10.9 Å². The van der Waals surface area contributed by atoms with E-state index in [4.69, 9.17) is 4.74 Å². The zero-order valence-corrected chi connectivity index (χ0v) is 17.2. The molecule has 0 aromatic heterocycles. The molecule has 28 heavy (non-hydrogen) atoms. The second kappa shape index (κ2) is 15.8. The van der Waals surface area contributed by atoms with E-state index < -0.39 is 12.0 Å². The maximum absolute atomic E-state index is 11.8. The molecule has 0 atom stereocenters. The second-order valence-corrected chi connectivity index (χ2v) is 7.15. The minimum Gasteiger partial charge on any atom is -0.508 e. The summed E-state index contributed by atoms with van der Waals surface area (Å²) in [6.07, 6.45) is 14.4. The van der Waals surface area contributed by atoms with Gasteiger partial charge in [0, 0.05) is 5.56 Å². The molecular formula is C22H36N2O4. The Kier molecular flexibility index (Phi) is 13.4. The van der Waals surface area contributed by atoms with E-state index in [0.717, 1.165) is 12.8 Å². The molecule has 0 bridgehead atoms. The molecule has 0 aliphatic heterocycles. The van der Waals surface area contributed by atoms with Crippen molar-refractivity contribution in [1.29, 1.82) is 0 Å². The number of rotatable bonds is 14. The second-order valence-electron chi connectivity index (χ2n) is 7.15. The molecule has 2 amide bonds. The van der Waals surface area contributed by atoms with Crippen molar-refractivity contribution < 1.29 is 19.4 Å². The lowest BCUT2D eigenvalue weighted by Crippen LogP contribution is -2.42. The Balaban J connectivity index is 1.90. The van der Waals surface area contributed by atoms with E-state index >= 15 is 0 Å². The quantitative estimate of drug-likeness (QED) is 0.290.